The number of carbonyl (C=O) groups is 1. The molecule has 7 heteroatoms. The third-order valence-electron chi connectivity index (χ3n) is 4.96. The Balaban J connectivity index is 0.00000104. The van der Waals surface area contributed by atoms with Crippen LogP contribution in [0.1, 0.15) is 55.1 Å². The zero-order valence-electron chi connectivity index (χ0n) is 13.7. The Kier molecular flexibility index (Phi) is 5.78. The van der Waals surface area contributed by atoms with Crippen LogP contribution in [0.5, 0.6) is 0 Å². The van der Waals surface area contributed by atoms with Gasteiger partial charge in [-0.15, -0.1) is 24.8 Å². The van der Waals surface area contributed by atoms with Crippen molar-refractivity contribution in [2.45, 2.75) is 57.2 Å². The number of pyridine rings is 1. The van der Waals surface area contributed by atoms with Crippen molar-refractivity contribution in [1.29, 1.82) is 0 Å². The van der Waals surface area contributed by atoms with Crippen molar-refractivity contribution in [3.05, 3.63) is 29.8 Å². The summed E-state index contributed by atoms with van der Waals surface area (Å²) in [5.74, 6) is 0.270. The average Bonchev–Trinajstić information content (AvgIpc) is 3.20. The molecule has 2 aromatic rings. The predicted octanol–water partition coefficient (Wildman–Crippen LogP) is 3.42. The SMILES string of the molecule is CC(C)c1coc2cnc(C(=O)N[C@@H]3C[C@H]4CC[C@@H]3N4)cc12.Cl.Cl. The maximum atomic E-state index is 12.5. The van der Waals surface area contributed by atoms with Gasteiger partial charge in [0.1, 0.15) is 5.69 Å². The smallest absolute Gasteiger partial charge is 0.270 e. The zero-order chi connectivity index (χ0) is 15.3. The van der Waals surface area contributed by atoms with Crippen molar-refractivity contribution in [1.82, 2.24) is 15.6 Å². The van der Waals surface area contributed by atoms with Crippen molar-refractivity contribution in [3.8, 4) is 0 Å². The molecule has 0 aliphatic carbocycles. The van der Waals surface area contributed by atoms with Crippen molar-refractivity contribution in [2.24, 2.45) is 0 Å². The zero-order valence-corrected chi connectivity index (χ0v) is 15.4. The molecule has 2 aliphatic rings. The van der Waals surface area contributed by atoms with Crippen molar-refractivity contribution in [3.63, 3.8) is 0 Å². The Morgan fingerprint density at radius 1 is 1.38 bits per heavy atom. The molecule has 0 unspecified atom stereocenters. The van der Waals surface area contributed by atoms with E-state index >= 15 is 0 Å². The molecule has 2 aromatic heterocycles. The van der Waals surface area contributed by atoms with Gasteiger partial charge in [0.15, 0.2) is 5.58 Å². The van der Waals surface area contributed by atoms with Crippen LogP contribution in [0.2, 0.25) is 0 Å². The van der Waals surface area contributed by atoms with Crippen molar-refractivity contribution in [2.75, 3.05) is 0 Å². The van der Waals surface area contributed by atoms with Gasteiger partial charge in [-0.2, -0.15) is 0 Å². The van der Waals surface area contributed by atoms with Crippen LogP contribution < -0.4 is 10.6 Å². The van der Waals surface area contributed by atoms with Crippen LogP contribution in [-0.2, 0) is 0 Å². The lowest BCUT2D eigenvalue weighted by Gasteiger charge is -2.21. The van der Waals surface area contributed by atoms with Crippen molar-refractivity contribution < 1.29 is 9.21 Å². The lowest BCUT2D eigenvalue weighted by molar-refractivity contribution is 0.0926. The van der Waals surface area contributed by atoms with E-state index in [-0.39, 0.29) is 36.8 Å². The molecule has 24 heavy (non-hydrogen) atoms. The first-order valence-electron chi connectivity index (χ1n) is 8.06. The van der Waals surface area contributed by atoms with Crippen LogP contribution in [0.4, 0.5) is 0 Å². The van der Waals surface area contributed by atoms with E-state index in [2.05, 4.69) is 29.5 Å². The summed E-state index contributed by atoms with van der Waals surface area (Å²) in [5, 5.41) is 7.66. The van der Waals surface area contributed by atoms with Gasteiger partial charge in [-0.25, -0.2) is 4.98 Å². The lowest BCUT2D eigenvalue weighted by Crippen LogP contribution is -2.43. The second kappa shape index (κ2) is 7.30. The maximum absolute atomic E-state index is 12.5. The Labute approximate surface area is 153 Å². The lowest BCUT2D eigenvalue weighted by atomic mass is 9.95. The fraction of sp³-hybridized carbons (Fsp3) is 0.529. The average molecular weight is 372 g/mol. The monoisotopic (exact) mass is 371 g/mol. The van der Waals surface area contributed by atoms with Crippen molar-refractivity contribution >= 4 is 41.7 Å². The summed E-state index contributed by atoms with van der Waals surface area (Å²) in [5.41, 5.74) is 2.33. The molecule has 2 fully saturated rings. The Bertz CT molecular complexity index is 732. The number of hydrogen-bond acceptors (Lipinski definition) is 4. The van der Waals surface area contributed by atoms with Gasteiger partial charge in [0.25, 0.3) is 5.91 Å². The number of amides is 1. The quantitative estimate of drug-likeness (QED) is 0.867. The minimum absolute atomic E-state index is 0. The first-order valence-corrected chi connectivity index (χ1v) is 8.06. The van der Waals surface area contributed by atoms with Gasteiger partial charge in [0, 0.05) is 29.1 Å². The fourth-order valence-electron chi connectivity index (χ4n) is 3.75. The second-order valence-corrected chi connectivity index (χ2v) is 6.77. The van der Waals surface area contributed by atoms with Gasteiger partial charge in [-0.05, 0) is 31.2 Å². The summed E-state index contributed by atoms with van der Waals surface area (Å²) in [6.45, 7) is 4.23. The highest BCUT2D eigenvalue weighted by molar-refractivity contribution is 5.96. The Morgan fingerprint density at radius 3 is 2.79 bits per heavy atom. The number of fused-ring (bicyclic) bond motifs is 3. The van der Waals surface area contributed by atoms with Crippen LogP contribution in [-0.4, -0.2) is 29.0 Å². The highest BCUT2D eigenvalue weighted by Crippen LogP contribution is 2.29. The van der Waals surface area contributed by atoms with E-state index in [0.29, 0.717) is 23.7 Å². The van der Waals surface area contributed by atoms with Crippen LogP contribution in [0, 0.1) is 0 Å². The standard InChI is InChI=1S/C17H21N3O2.2ClH/c1-9(2)12-8-22-16-7-18-15(6-11(12)16)17(21)20-14-5-10-3-4-13(14)19-10;;/h6-10,13-14,19H,3-5H2,1-2H3,(H,20,21);2*1H/t10-,13+,14-;;/m1../s1. The van der Waals surface area contributed by atoms with Gasteiger partial charge in [-0.3, -0.25) is 4.79 Å². The molecule has 5 nitrogen and oxygen atoms in total. The van der Waals surface area contributed by atoms with E-state index in [1.807, 2.05) is 6.07 Å². The number of furan rings is 1. The fourth-order valence-corrected chi connectivity index (χ4v) is 3.75. The van der Waals surface area contributed by atoms with E-state index in [1.54, 1.807) is 12.5 Å². The number of nitrogens with one attached hydrogen (secondary N) is 2. The molecule has 1 amide bonds. The molecule has 2 bridgehead atoms. The first kappa shape index (κ1) is 19.0. The summed E-state index contributed by atoms with van der Waals surface area (Å²) in [7, 11) is 0. The highest BCUT2D eigenvalue weighted by Gasteiger charge is 2.39. The first-order chi connectivity index (χ1) is 10.6. The van der Waals surface area contributed by atoms with E-state index in [9.17, 15) is 4.79 Å². The summed E-state index contributed by atoms with van der Waals surface area (Å²) < 4.78 is 5.51. The Hall–Kier alpha value is -1.30. The molecule has 4 rings (SSSR count). The summed E-state index contributed by atoms with van der Waals surface area (Å²) in [6.07, 6.45) is 6.82. The normalized spacial score (nSPS) is 24.7. The molecule has 2 N–H and O–H groups in total. The van der Waals surface area contributed by atoms with Gasteiger partial charge in [0.05, 0.1) is 12.5 Å². The van der Waals surface area contributed by atoms with Gasteiger partial charge < -0.3 is 15.1 Å². The number of aromatic nitrogens is 1. The molecule has 4 heterocycles. The second-order valence-electron chi connectivity index (χ2n) is 6.77. The predicted molar refractivity (Wildman–Crippen MR) is 98.4 cm³/mol. The summed E-state index contributed by atoms with van der Waals surface area (Å²) in [4.78, 5) is 16.7. The number of rotatable bonds is 3. The summed E-state index contributed by atoms with van der Waals surface area (Å²) >= 11 is 0. The number of hydrogen-bond donors (Lipinski definition) is 2. The molecule has 0 aromatic carbocycles. The number of halogens is 2. The summed E-state index contributed by atoms with van der Waals surface area (Å²) in [6, 6.07) is 3.09. The molecule has 0 radical (unpaired) electrons. The van der Waals surface area contributed by atoms with Gasteiger partial charge in [0.2, 0.25) is 0 Å². The molecule has 3 atom stereocenters. The topological polar surface area (TPSA) is 67.2 Å². The van der Waals surface area contributed by atoms with Crippen LogP contribution in [0.15, 0.2) is 22.9 Å². The van der Waals surface area contributed by atoms with Crippen LogP contribution in [0.3, 0.4) is 0 Å². The highest BCUT2D eigenvalue weighted by atomic mass is 35.5. The van der Waals surface area contributed by atoms with E-state index in [1.165, 1.54) is 6.42 Å². The minimum atomic E-state index is -0.0860. The third kappa shape index (κ3) is 3.25. The molecule has 2 saturated heterocycles. The Morgan fingerprint density at radius 2 is 2.17 bits per heavy atom. The minimum Gasteiger partial charge on any atom is -0.462 e. The molecule has 0 saturated carbocycles. The third-order valence-corrected chi connectivity index (χ3v) is 4.96. The van der Waals surface area contributed by atoms with E-state index in [4.69, 9.17) is 4.42 Å². The molecule has 132 valence electrons. The molecular weight excluding hydrogens is 349 g/mol. The molecule has 0 spiro atoms. The molecule has 2 aliphatic heterocycles. The maximum Gasteiger partial charge on any atom is 0.270 e. The van der Waals surface area contributed by atoms with Gasteiger partial charge in [-0.1, -0.05) is 13.8 Å². The van der Waals surface area contributed by atoms with E-state index < -0.39 is 0 Å². The largest absolute Gasteiger partial charge is 0.462 e. The number of carbonyl (C=O) groups excluding carboxylic acids is 1. The van der Waals surface area contributed by atoms with Crippen LogP contribution >= 0.6 is 24.8 Å². The van der Waals surface area contributed by atoms with E-state index in [0.717, 1.165) is 29.4 Å². The van der Waals surface area contributed by atoms with Gasteiger partial charge >= 0.3 is 0 Å². The number of nitrogens with zero attached hydrogens (tertiary/aromatic N) is 1. The molecular formula is C17H23Cl2N3O2. The van der Waals surface area contributed by atoms with Crippen LogP contribution in [0.25, 0.3) is 11.0 Å².